The number of aliphatic hydroxyl groups excluding tert-OH is 1. The minimum atomic E-state index is -0.184. The number of fused-ring (bicyclic) bond motifs is 1. The molecule has 0 aromatic rings. The van der Waals surface area contributed by atoms with Crippen LogP contribution in [0.5, 0.6) is 0 Å². The largest absolute Gasteiger partial charge is 0.429 e. The topological polar surface area (TPSA) is 46.5 Å². The Morgan fingerprint density at radius 3 is 2.83 bits per heavy atom. The lowest BCUT2D eigenvalue weighted by Gasteiger charge is -2.09. The average molecular weight is 168 g/mol. The second kappa shape index (κ2) is 2.10. The van der Waals surface area contributed by atoms with Crippen LogP contribution in [0.15, 0.2) is 11.8 Å². The maximum absolute atomic E-state index is 11.2. The smallest absolute Gasteiger partial charge is 0.315 e. The molecule has 0 aromatic heterocycles. The number of allylic oxidation sites excluding steroid dienone is 1. The number of rotatable bonds is 1. The van der Waals surface area contributed by atoms with Gasteiger partial charge in [0.25, 0.3) is 0 Å². The Kier molecular flexibility index (Phi) is 1.37. The van der Waals surface area contributed by atoms with Crippen molar-refractivity contribution in [3.05, 3.63) is 11.8 Å². The molecular weight excluding hydrogens is 156 g/mol. The molecular formula is C9H12O3. The minimum Gasteiger partial charge on any atom is -0.429 e. The Morgan fingerprint density at radius 2 is 2.33 bits per heavy atom. The van der Waals surface area contributed by atoms with Gasteiger partial charge in [0.1, 0.15) is 12.4 Å². The number of hydrogen-bond acceptors (Lipinski definition) is 3. The van der Waals surface area contributed by atoms with Gasteiger partial charge in [-0.15, -0.1) is 0 Å². The summed E-state index contributed by atoms with van der Waals surface area (Å²) in [6.45, 7) is 3.91. The second-order valence-corrected chi connectivity index (χ2v) is 4.04. The van der Waals surface area contributed by atoms with E-state index < -0.39 is 0 Å². The van der Waals surface area contributed by atoms with Crippen molar-refractivity contribution in [3.8, 4) is 0 Å². The van der Waals surface area contributed by atoms with E-state index in [0.29, 0.717) is 5.76 Å². The Hall–Kier alpha value is -0.830. The molecule has 0 unspecified atom stereocenters. The van der Waals surface area contributed by atoms with Crippen molar-refractivity contribution in [2.45, 2.75) is 13.8 Å². The zero-order chi connectivity index (χ0) is 8.93. The van der Waals surface area contributed by atoms with Crippen LogP contribution >= 0.6 is 0 Å². The van der Waals surface area contributed by atoms with Crippen LogP contribution in [0.3, 0.4) is 0 Å². The highest BCUT2D eigenvalue weighted by molar-refractivity contribution is 5.80. The lowest BCUT2D eigenvalue weighted by Crippen LogP contribution is -2.14. The van der Waals surface area contributed by atoms with Crippen LogP contribution in [0.4, 0.5) is 0 Å². The monoisotopic (exact) mass is 168 g/mol. The fraction of sp³-hybridized carbons (Fsp3) is 0.667. The van der Waals surface area contributed by atoms with E-state index in [9.17, 15) is 4.79 Å². The Balaban J connectivity index is 2.26. The third kappa shape index (κ3) is 0.829. The summed E-state index contributed by atoms with van der Waals surface area (Å²) in [7, 11) is 0. The molecule has 1 aliphatic heterocycles. The normalized spacial score (nSPS) is 36.6. The number of carbonyl (C=O) groups excluding carboxylic acids is 1. The Labute approximate surface area is 71.0 Å². The van der Waals surface area contributed by atoms with E-state index in [0.717, 1.165) is 0 Å². The summed E-state index contributed by atoms with van der Waals surface area (Å²) in [6, 6.07) is 0. The van der Waals surface area contributed by atoms with E-state index in [-0.39, 0.29) is 29.8 Å². The van der Waals surface area contributed by atoms with Gasteiger partial charge in [-0.25, -0.2) is 0 Å². The molecule has 2 aliphatic rings. The van der Waals surface area contributed by atoms with Crippen molar-refractivity contribution < 1.29 is 14.6 Å². The maximum Gasteiger partial charge on any atom is 0.315 e. The van der Waals surface area contributed by atoms with Crippen LogP contribution in [0.1, 0.15) is 13.8 Å². The first kappa shape index (κ1) is 7.80. The third-order valence-electron chi connectivity index (χ3n) is 2.92. The van der Waals surface area contributed by atoms with Crippen LogP contribution in [0.2, 0.25) is 0 Å². The molecule has 1 fully saturated rings. The highest BCUT2D eigenvalue weighted by atomic mass is 16.5. The van der Waals surface area contributed by atoms with Crippen molar-refractivity contribution in [3.63, 3.8) is 0 Å². The molecule has 0 amide bonds. The average Bonchev–Trinajstić information content (AvgIpc) is 2.55. The van der Waals surface area contributed by atoms with Gasteiger partial charge in [-0.1, -0.05) is 13.8 Å². The molecule has 1 N–H and O–H groups in total. The molecule has 66 valence electrons. The van der Waals surface area contributed by atoms with E-state index in [2.05, 4.69) is 0 Å². The summed E-state index contributed by atoms with van der Waals surface area (Å²) in [6.07, 6.45) is 1.87. The van der Waals surface area contributed by atoms with Crippen molar-refractivity contribution in [2.75, 3.05) is 6.61 Å². The van der Waals surface area contributed by atoms with Crippen LogP contribution in [0, 0.1) is 17.3 Å². The first-order chi connectivity index (χ1) is 5.57. The SMILES string of the molecule is CC1(C)[C@@H]2C(=O)OC(CO)=C[C@@H]21. The molecule has 0 bridgehead atoms. The zero-order valence-corrected chi connectivity index (χ0v) is 7.20. The molecule has 0 radical (unpaired) electrons. The highest BCUT2D eigenvalue weighted by Gasteiger charge is 2.63. The van der Waals surface area contributed by atoms with Gasteiger partial charge in [-0.2, -0.15) is 0 Å². The summed E-state index contributed by atoms with van der Waals surface area (Å²) in [4.78, 5) is 11.2. The number of carbonyl (C=O) groups is 1. The molecule has 1 aliphatic carbocycles. The van der Waals surface area contributed by atoms with Gasteiger partial charge in [-0.05, 0) is 11.5 Å². The lowest BCUT2D eigenvalue weighted by molar-refractivity contribution is -0.143. The summed E-state index contributed by atoms with van der Waals surface area (Å²) >= 11 is 0. The Morgan fingerprint density at radius 1 is 1.67 bits per heavy atom. The van der Waals surface area contributed by atoms with Gasteiger partial charge < -0.3 is 9.84 Å². The number of aliphatic hydroxyl groups is 1. The molecule has 3 nitrogen and oxygen atoms in total. The maximum atomic E-state index is 11.2. The number of esters is 1. The van der Waals surface area contributed by atoms with Gasteiger partial charge >= 0.3 is 5.97 Å². The fourth-order valence-corrected chi connectivity index (χ4v) is 1.95. The van der Waals surface area contributed by atoms with Crippen LogP contribution in [-0.2, 0) is 9.53 Å². The van der Waals surface area contributed by atoms with E-state index >= 15 is 0 Å². The van der Waals surface area contributed by atoms with E-state index in [1.54, 1.807) is 0 Å². The van der Waals surface area contributed by atoms with E-state index in [1.807, 2.05) is 19.9 Å². The molecule has 2 rings (SSSR count). The van der Waals surface area contributed by atoms with Crippen molar-refractivity contribution in [2.24, 2.45) is 17.3 Å². The Bertz CT molecular complexity index is 265. The number of hydrogen-bond donors (Lipinski definition) is 1. The highest BCUT2D eigenvalue weighted by Crippen LogP contribution is 2.61. The van der Waals surface area contributed by atoms with Crippen LogP contribution < -0.4 is 0 Å². The van der Waals surface area contributed by atoms with E-state index in [1.165, 1.54) is 0 Å². The summed E-state index contributed by atoms with van der Waals surface area (Å²) in [5.74, 6) is 0.525. The first-order valence-corrected chi connectivity index (χ1v) is 4.10. The van der Waals surface area contributed by atoms with Gasteiger partial charge in [-0.3, -0.25) is 4.79 Å². The van der Waals surface area contributed by atoms with Gasteiger partial charge in [0.05, 0.1) is 5.92 Å². The molecule has 12 heavy (non-hydrogen) atoms. The van der Waals surface area contributed by atoms with Crippen molar-refractivity contribution in [1.29, 1.82) is 0 Å². The molecule has 0 aromatic carbocycles. The standard InChI is InChI=1S/C9H12O3/c1-9(2)6-3-5(4-10)12-8(11)7(6)9/h3,6-7,10H,4H2,1-2H3/t6-,7-/m0/s1. The summed E-state index contributed by atoms with van der Waals surface area (Å²) in [5.41, 5.74) is 0.0357. The predicted molar refractivity (Wildman–Crippen MR) is 42.0 cm³/mol. The second-order valence-electron chi connectivity index (χ2n) is 4.04. The molecule has 3 heteroatoms. The minimum absolute atomic E-state index is 0.0211. The van der Waals surface area contributed by atoms with Crippen molar-refractivity contribution >= 4 is 5.97 Å². The number of ether oxygens (including phenoxy) is 1. The fourth-order valence-electron chi connectivity index (χ4n) is 1.95. The van der Waals surface area contributed by atoms with E-state index in [4.69, 9.17) is 9.84 Å². The van der Waals surface area contributed by atoms with Crippen molar-refractivity contribution in [1.82, 2.24) is 0 Å². The van der Waals surface area contributed by atoms with Gasteiger partial charge in [0.15, 0.2) is 0 Å². The number of cyclic esters (lactones) is 1. The van der Waals surface area contributed by atoms with Gasteiger partial charge in [0.2, 0.25) is 0 Å². The predicted octanol–water partition coefficient (Wildman–Crippen LogP) is 0.692. The molecule has 1 heterocycles. The molecule has 2 atom stereocenters. The van der Waals surface area contributed by atoms with Crippen LogP contribution in [-0.4, -0.2) is 17.7 Å². The van der Waals surface area contributed by atoms with Gasteiger partial charge in [0, 0.05) is 5.92 Å². The summed E-state index contributed by atoms with van der Waals surface area (Å²) < 4.78 is 4.90. The third-order valence-corrected chi connectivity index (χ3v) is 2.92. The van der Waals surface area contributed by atoms with Crippen LogP contribution in [0.25, 0.3) is 0 Å². The first-order valence-electron chi connectivity index (χ1n) is 4.10. The molecule has 0 spiro atoms. The lowest BCUT2D eigenvalue weighted by atomic mass is 10.1. The quantitative estimate of drug-likeness (QED) is 0.586. The molecule has 1 saturated carbocycles. The summed E-state index contributed by atoms with van der Waals surface area (Å²) in [5, 5.41) is 8.77. The molecule has 0 saturated heterocycles. The zero-order valence-electron chi connectivity index (χ0n) is 7.20.